The van der Waals surface area contributed by atoms with Crippen LogP contribution < -0.4 is 10.1 Å². The van der Waals surface area contributed by atoms with Gasteiger partial charge >= 0.3 is 0 Å². The number of halogens is 1. The number of nitrogens with one attached hydrogen (secondary N) is 1. The smallest absolute Gasteiger partial charge is 0.296 e. The van der Waals surface area contributed by atoms with Crippen LogP contribution in [0.15, 0.2) is 18.2 Å². The van der Waals surface area contributed by atoms with Crippen LogP contribution in [0.4, 0.5) is 11.4 Å². The topological polar surface area (TPSA) is 81.5 Å². The third-order valence-corrected chi connectivity index (χ3v) is 2.31. The molecule has 0 aliphatic heterocycles. The number of nitro benzene ring substituents is 1. The van der Waals surface area contributed by atoms with Crippen LogP contribution in [0.5, 0.6) is 5.75 Å². The molecule has 1 N–H and O–H groups in total. The summed E-state index contributed by atoms with van der Waals surface area (Å²) in [4.78, 5) is 21.3. The number of hydrogen-bond donors (Lipinski definition) is 1. The molecule has 1 aromatic carbocycles. The van der Waals surface area contributed by atoms with Gasteiger partial charge in [0, 0.05) is 0 Å². The molecule has 1 amide bonds. The van der Waals surface area contributed by atoms with Crippen molar-refractivity contribution >= 4 is 33.2 Å². The fraction of sp³-hybridized carbons (Fsp3) is 0.222. The number of carbonyl (C=O) groups excluding carboxylic acids is 1. The quantitative estimate of drug-likeness (QED) is 0.521. The maximum atomic E-state index is 11.1. The van der Waals surface area contributed by atoms with Crippen molar-refractivity contribution in [3.8, 4) is 5.75 Å². The Morgan fingerprint density at radius 2 is 2.31 bits per heavy atom. The zero-order valence-corrected chi connectivity index (χ0v) is 9.98. The minimum atomic E-state index is -0.577. The van der Waals surface area contributed by atoms with Crippen molar-refractivity contribution in [2.24, 2.45) is 0 Å². The molecular weight excluding hydrogens is 280 g/mol. The molecule has 1 rings (SSSR count). The largest absolute Gasteiger partial charge is 0.496 e. The highest BCUT2D eigenvalue weighted by Gasteiger charge is 2.16. The van der Waals surface area contributed by atoms with Crippen molar-refractivity contribution in [2.45, 2.75) is 0 Å². The summed E-state index contributed by atoms with van der Waals surface area (Å²) in [5.74, 6) is 0.0109. The summed E-state index contributed by atoms with van der Waals surface area (Å²) in [5.41, 5.74) is -0.0519. The second-order valence-electron chi connectivity index (χ2n) is 2.82. The average molecular weight is 289 g/mol. The minimum Gasteiger partial charge on any atom is -0.496 e. The molecule has 0 atom stereocenters. The summed E-state index contributed by atoms with van der Waals surface area (Å²) < 4.78 is 4.86. The molecule has 0 heterocycles. The van der Waals surface area contributed by atoms with E-state index in [4.69, 9.17) is 4.74 Å². The van der Waals surface area contributed by atoms with Gasteiger partial charge in [0.25, 0.3) is 5.69 Å². The van der Waals surface area contributed by atoms with Gasteiger partial charge in [-0.1, -0.05) is 15.9 Å². The Balaban J connectivity index is 3.08. The first-order valence-electron chi connectivity index (χ1n) is 4.26. The normalized spacial score (nSPS) is 9.62. The molecule has 1 aromatic rings. The number of nitro groups is 1. The second kappa shape index (κ2) is 5.45. The van der Waals surface area contributed by atoms with Crippen molar-refractivity contribution in [1.29, 1.82) is 0 Å². The fourth-order valence-corrected chi connectivity index (χ4v) is 1.22. The first-order valence-corrected chi connectivity index (χ1v) is 5.39. The summed E-state index contributed by atoms with van der Waals surface area (Å²) in [6, 6.07) is 4.22. The van der Waals surface area contributed by atoms with Crippen LogP contribution in [0.3, 0.4) is 0 Å². The third-order valence-electron chi connectivity index (χ3n) is 1.80. The van der Waals surface area contributed by atoms with Crippen LogP contribution in [-0.4, -0.2) is 23.3 Å². The average Bonchev–Trinajstić information content (AvgIpc) is 2.29. The number of carbonyl (C=O) groups is 1. The van der Waals surface area contributed by atoms with Gasteiger partial charge < -0.3 is 10.1 Å². The molecule has 0 saturated carbocycles. The summed E-state index contributed by atoms with van der Waals surface area (Å²) >= 11 is 2.96. The zero-order chi connectivity index (χ0) is 12.1. The van der Waals surface area contributed by atoms with E-state index >= 15 is 0 Å². The zero-order valence-electron chi connectivity index (χ0n) is 8.40. The van der Waals surface area contributed by atoms with E-state index < -0.39 is 4.92 Å². The maximum absolute atomic E-state index is 11.1. The number of nitrogens with zero attached hydrogens (tertiary/aromatic N) is 1. The van der Waals surface area contributed by atoms with E-state index in [1.165, 1.54) is 25.3 Å². The molecule has 16 heavy (non-hydrogen) atoms. The van der Waals surface area contributed by atoms with E-state index in [1.807, 2.05) is 0 Å². The molecule has 6 nitrogen and oxygen atoms in total. The molecule has 86 valence electrons. The highest BCUT2D eigenvalue weighted by molar-refractivity contribution is 9.09. The number of rotatable bonds is 4. The predicted molar refractivity (Wildman–Crippen MR) is 62.1 cm³/mol. The molecule has 0 radical (unpaired) electrons. The van der Waals surface area contributed by atoms with Crippen LogP contribution in [0.1, 0.15) is 0 Å². The molecule has 0 aliphatic rings. The number of alkyl halides is 1. The molecule has 0 fully saturated rings. The van der Waals surface area contributed by atoms with E-state index in [0.717, 1.165) is 0 Å². The van der Waals surface area contributed by atoms with Crippen molar-refractivity contribution in [2.75, 3.05) is 17.8 Å². The number of hydrogen-bond acceptors (Lipinski definition) is 4. The van der Waals surface area contributed by atoms with Gasteiger partial charge in [-0.05, 0) is 12.1 Å². The number of anilines is 1. The Kier molecular flexibility index (Phi) is 4.24. The Labute approximate surface area is 99.9 Å². The predicted octanol–water partition coefficient (Wildman–Crippen LogP) is 1.94. The van der Waals surface area contributed by atoms with Crippen molar-refractivity contribution in [1.82, 2.24) is 0 Å². The van der Waals surface area contributed by atoms with Crippen molar-refractivity contribution < 1.29 is 14.5 Å². The van der Waals surface area contributed by atoms with Gasteiger partial charge in [-0.2, -0.15) is 0 Å². The monoisotopic (exact) mass is 288 g/mol. The summed E-state index contributed by atoms with van der Waals surface area (Å²) in [7, 11) is 1.41. The molecule has 0 bridgehead atoms. The number of ether oxygens (including phenoxy) is 1. The molecule has 0 unspecified atom stereocenters. The van der Waals surface area contributed by atoms with E-state index in [-0.39, 0.29) is 22.6 Å². The van der Waals surface area contributed by atoms with Crippen LogP contribution in [-0.2, 0) is 4.79 Å². The van der Waals surface area contributed by atoms with Gasteiger partial charge in [-0.25, -0.2) is 0 Å². The van der Waals surface area contributed by atoms with Crippen molar-refractivity contribution in [3.05, 3.63) is 28.3 Å². The summed E-state index contributed by atoms with van der Waals surface area (Å²) in [6.07, 6.45) is 0. The van der Waals surface area contributed by atoms with Crippen LogP contribution in [0.2, 0.25) is 0 Å². The Morgan fingerprint density at radius 1 is 1.62 bits per heavy atom. The fourth-order valence-electron chi connectivity index (χ4n) is 1.08. The Morgan fingerprint density at radius 3 is 2.81 bits per heavy atom. The lowest BCUT2D eigenvalue weighted by atomic mass is 10.2. The van der Waals surface area contributed by atoms with E-state index in [0.29, 0.717) is 5.75 Å². The second-order valence-corrected chi connectivity index (χ2v) is 3.38. The van der Waals surface area contributed by atoms with Crippen LogP contribution in [0, 0.1) is 10.1 Å². The lowest BCUT2D eigenvalue weighted by molar-refractivity contribution is -0.384. The van der Waals surface area contributed by atoms with Crippen molar-refractivity contribution in [3.63, 3.8) is 0 Å². The maximum Gasteiger partial charge on any atom is 0.296 e. The van der Waals surface area contributed by atoms with Crippen LogP contribution >= 0.6 is 15.9 Å². The van der Waals surface area contributed by atoms with Crippen LogP contribution in [0.25, 0.3) is 0 Å². The lowest BCUT2D eigenvalue weighted by Crippen LogP contribution is -2.13. The Bertz CT molecular complexity index is 422. The van der Waals surface area contributed by atoms with Gasteiger partial charge in [0.05, 0.1) is 23.4 Å². The minimum absolute atomic E-state index is 0.0795. The SMILES string of the molecule is COc1ccc(NC(=O)CBr)c([N+](=O)[O-])c1. The number of methoxy groups -OCH3 is 1. The third kappa shape index (κ3) is 2.93. The number of amides is 1. The molecule has 0 spiro atoms. The summed E-state index contributed by atoms with van der Waals surface area (Å²) in [5, 5.41) is 13.2. The lowest BCUT2D eigenvalue weighted by Gasteiger charge is -2.05. The van der Waals surface area contributed by atoms with E-state index in [9.17, 15) is 14.9 Å². The Hall–Kier alpha value is -1.63. The molecule has 0 aromatic heterocycles. The standard InChI is InChI=1S/C9H9BrN2O4/c1-16-6-2-3-7(11-9(13)5-10)8(4-6)12(14)15/h2-4H,5H2,1H3,(H,11,13). The highest BCUT2D eigenvalue weighted by atomic mass is 79.9. The summed E-state index contributed by atoms with van der Waals surface area (Å²) in [6.45, 7) is 0. The van der Waals surface area contributed by atoms with Gasteiger partial charge in [-0.3, -0.25) is 14.9 Å². The van der Waals surface area contributed by atoms with Gasteiger partial charge in [-0.15, -0.1) is 0 Å². The van der Waals surface area contributed by atoms with E-state index in [1.54, 1.807) is 0 Å². The molecule has 0 aliphatic carbocycles. The molecular formula is C9H9BrN2O4. The van der Waals surface area contributed by atoms with E-state index in [2.05, 4.69) is 21.2 Å². The van der Waals surface area contributed by atoms with Gasteiger partial charge in [0.1, 0.15) is 11.4 Å². The highest BCUT2D eigenvalue weighted by Crippen LogP contribution is 2.28. The first kappa shape index (κ1) is 12.4. The first-order chi connectivity index (χ1) is 7.58. The number of benzene rings is 1. The molecule has 7 heteroatoms. The molecule has 0 saturated heterocycles. The van der Waals surface area contributed by atoms with Gasteiger partial charge in [0.15, 0.2) is 0 Å². The van der Waals surface area contributed by atoms with Gasteiger partial charge in [0.2, 0.25) is 5.91 Å².